The van der Waals surface area contributed by atoms with Crippen LogP contribution in [0.15, 0.2) is 77.6 Å². The fourth-order valence-electron chi connectivity index (χ4n) is 3.30. The summed E-state index contributed by atoms with van der Waals surface area (Å²) in [6.07, 6.45) is 0. The van der Waals surface area contributed by atoms with Crippen molar-refractivity contribution in [3.8, 4) is 21.7 Å². The maximum atomic E-state index is 13.1. The van der Waals surface area contributed by atoms with E-state index in [2.05, 4.69) is 10.4 Å². The molecule has 1 atom stereocenters. The Hall–Kier alpha value is -3.71. The molecule has 0 aliphatic rings. The highest BCUT2D eigenvalue weighted by molar-refractivity contribution is 7.15. The van der Waals surface area contributed by atoms with Crippen molar-refractivity contribution in [3.63, 3.8) is 0 Å². The first-order valence-electron chi connectivity index (χ1n) is 9.85. The van der Waals surface area contributed by atoms with Crippen molar-refractivity contribution < 1.29 is 4.79 Å². The number of thiophene rings is 1. The summed E-state index contributed by atoms with van der Waals surface area (Å²) in [7, 11) is 0. The van der Waals surface area contributed by atoms with Crippen LogP contribution in [-0.4, -0.2) is 15.7 Å². The van der Waals surface area contributed by atoms with E-state index in [-0.39, 0.29) is 11.6 Å². The summed E-state index contributed by atoms with van der Waals surface area (Å²) in [4.78, 5) is 27.7. The van der Waals surface area contributed by atoms with Crippen molar-refractivity contribution in [2.75, 3.05) is 11.1 Å². The second kappa shape index (κ2) is 8.57. The van der Waals surface area contributed by atoms with Gasteiger partial charge in [-0.2, -0.15) is 5.10 Å². The van der Waals surface area contributed by atoms with Crippen molar-refractivity contribution >= 4 is 28.6 Å². The highest BCUT2D eigenvalue weighted by atomic mass is 32.1. The van der Waals surface area contributed by atoms with E-state index >= 15 is 0 Å². The van der Waals surface area contributed by atoms with Crippen LogP contribution in [0.5, 0.6) is 0 Å². The predicted octanol–water partition coefficient (Wildman–Crippen LogP) is 4.73. The van der Waals surface area contributed by atoms with Gasteiger partial charge in [0.1, 0.15) is 17.4 Å². The molecule has 0 bridgehead atoms. The lowest BCUT2D eigenvalue weighted by Crippen LogP contribution is -2.34. The molecule has 0 fully saturated rings. The van der Waals surface area contributed by atoms with Crippen molar-refractivity contribution in [1.29, 1.82) is 0 Å². The second-order valence-corrected chi connectivity index (χ2v) is 8.51. The van der Waals surface area contributed by atoms with E-state index in [4.69, 9.17) is 5.73 Å². The molecule has 156 valence electrons. The average molecular weight is 431 g/mol. The molecule has 4 aromatic rings. The molecule has 1 amide bonds. The first kappa shape index (κ1) is 20.6. The number of nitrogen functional groups attached to an aromatic ring is 1. The minimum absolute atomic E-state index is 0.0559. The first-order chi connectivity index (χ1) is 14.9. The van der Waals surface area contributed by atoms with E-state index in [1.165, 1.54) is 0 Å². The molecule has 0 saturated heterocycles. The standard InChI is InChI=1S/C24H22N4O2S/c1-15-12-13-22(31-15)21-14-19(25)24(30)28(27-21)16(2)23(29)26-20-11-7-6-10-18(20)17-8-4-3-5-9-17/h3-14,16H,25H2,1-2H3,(H,26,29)/t16-/m1/s1. The minimum atomic E-state index is -0.848. The number of hydrogen-bond donors (Lipinski definition) is 2. The number of amides is 1. The lowest BCUT2D eigenvalue weighted by Gasteiger charge is -2.17. The Balaban J connectivity index is 1.66. The zero-order valence-electron chi connectivity index (χ0n) is 17.2. The van der Waals surface area contributed by atoms with Gasteiger partial charge in [0.25, 0.3) is 5.56 Å². The van der Waals surface area contributed by atoms with Gasteiger partial charge in [0.05, 0.1) is 4.88 Å². The molecule has 0 unspecified atom stereocenters. The van der Waals surface area contributed by atoms with Gasteiger partial charge in [-0.1, -0.05) is 48.5 Å². The summed E-state index contributed by atoms with van der Waals surface area (Å²) < 4.78 is 1.15. The van der Waals surface area contributed by atoms with Crippen molar-refractivity contribution in [3.05, 3.63) is 88.0 Å². The highest BCUT2D eigenvalue weighted by Gasteiger charge is 2.21. The summed E-state index contributed by atoms with van der Waals surface area (Å²) in [5.74, 6) is -0.350. The van der Waals surface area contributed by atoms with Gasteiger partial charge in [-0.3, -0.25) is 9.59 Å². The number of aryl methyl sites for hydroxylation is 1. The number of aromatic nitrogens is 2. The quantitative estimate of drug-likeness (QED) is 0.479. The van der Waals surface area contributed by atoms with Gasteiger partial charge in [0.2, 0.25) is 5.91 Å². The van der Waals surface area contributed by atoms with E-state index in [1.54, 1.807) is 24.3 Å². The van der Waals surface area contributed by atoms with Gasteiger partial charge in [0, 0.05) is 16.1 Å². The largest absolute Gasteiger partial charge is 0.394 e. The number of benzene rings is 2. The van der Waals surface area contributed by atoms with E-state index < -0.39 is 11.6 Å². The number of carbonyl (C=O) groups is 1. The molecule has 0 aliphatic heterocycles. The summed E-state index contributed by atoms with van der Waals surface area (Å²) >= 11 is 1.55. The molecule has 0 saturated carbocycles. The Morgan fingerprint density at radius 1 is 1.06 bits per heavy atom. The molecule has 7 heteroatoms. The molecule has 2 aromatic carbocycles. The summed E-state index contributed by atoms with van der Waals surface area (Å²) in [5.41, 5.74) is 8.64. The van der Waals surface area contributed by atoms with Crippen LogP contribution in [0, 0.1) is 6.92 Å². The second-order valence-electron chi connectivity index (χ2n) is 7.22. The van der Waals surface area contributed by atoms with Gasteiger partial charge < -0.3 is 11.1 Å². The Bertz CT molecular complexity index is 1290. The number of nitrogens with one attached hydrogen (secondary N) is 1. The third-order valence-electron chi connectivity index (χ3n) is 4.97. The molecule has 6 nitrogen and oxygen atoms in total. The van der Waals surface area contributed by atoms with Crippen molar-refractivity contribution in [1.82, 2.24) is 9.78 Å². The number of carbonyl (C=O) groups excluding carboxylic acids is 1. The molecule has 0 aliphatic carbocycles. The molecule has 2 heterocycles. The number of hydrogen-bond acceptors (Lipinski definition) is 5. The molecule has 0 radical (unpaired) electrons. The third kappa shape index (κ3) is 4.27. The topological polar surface area (TPSA) is 90.0 Å². The number of rotatable bonds is 5. The first-order valence-corrected chi connectivity index (χ1v) is 10.7. The third-order valence-corrected chi connectivity index (χ3v) is 5.99. The molecular weight excluding hydrogens is 408 g/mol. The Labute approximate surface area is 184 Å². The molecule has 31 heavy (non-hydrogen) atoms. The molecule has 4 rings (SSSR count). The Morgan fingerprint density at radius 2 is 1.77 bits per heavy atom. The number of para-hydroxylation sites is 1. The molecular formula is C24H22N4O2S. The molecule has 3 N–H and O–H groups in total. The SMILES string of the molecule is Cc1ccc(-c2cc(N)c(=O)n([C@H](C)C(=O)Nc3ccccc3-c3ccccc3)n2)s1. The van der Waals surface area contributed by atoms with Gasteiger partial charge in [-0.05, 0) is 43.7 Å². The number of nitrogens with zero attached hydrogens (tertiary/aromatic N) is 2. The summed E-state index contributed by atoms with van der Waals surface area (Å²) in [6.45, 7) is 3.63. The van der Waals surface area contributed by atoms with Crippen molar-refractivity contribution in [2.24, 2.45) is 0 Å². The predicted molar refractivity (Wildman–Crippen MR) is 126 cm³/mol. The zero-order chi connectivity index (χ0) is 22.0. The van der Waals surface area contributed by atoms with Gasteiger partial charge in [-0.25, -0.2) is 4.68 Å². The van der Waals surface area contributed by atoms with Gasteiger partial charge >= 0.3 is 0 Å². The van der Waals surface area contributed by atoms with Crippen LogP contribution in [0.4, 0.5) is 11.4 Å². The van der Waals surface area contributed by atoms with E-state index in [9.17, 15) is 9.59 Å². The maximum Gasteiger partial charge on any atom is 0.290 e. The van der Waals surface area contributed by atoms with E-state index in [0.717, 1.165) is 25.6 Å². The number of nitrogens with two attached hydrogens (primary N) is 1. The lowest BCUT2D eigenvalue weighted by molar-refractivity contribution is -0.119. The van der Waals surface area contributed by atoms with E-state index in [0.29, 0.717) is 11.4 Å². The fraction of sp³-hybridized carbons (Fsp3) is 0.125. The van der Waals surface area contributed by atoms with Crippen LogP contribution in [-0.2, 0) is 4.79 Å². The zero-order valence-corrected chi connectivity index (χ0v) is 18.0. The average Bonchev–Trinajstić information content (AvgIpc) is 3.22. The monoisotopic (exact) mass is 430 g/mol. The maximum absolute atomic E-state index is 13.1. The van der Waals surface area contributed by atoms with Crippen LogP contribution in [0.2, 0.25) is 0 Å². The van der Waals surface area contributed by atoms with Crippen LogP contribution in [0.1, 0.15) is 17.8 Å². The Morgan fingerprint density at radius 3 is 2.48 bits per heavy atom. The minimum Gasteiger partial charge on any atom is -0.394 e. The van der Waals surface area contributed by atoms with Gasteiger partial charge in [-0.15, -0.1) is 11.3 Å². The van der Waals surface area contributed by atoms with Crippen LogP contribution < -0.4 is 16.6 Å². The summed E-state index contributed by atoms with van der Waals surface area (Å²) in [5, 5.41) is 7.37. The van der Waals surface area contributed by atoms with Gasteiger partial charge in [0.15, 0.2) is 0 Å². The number of anilines is 2. The molecule has 2 aromatic heterocycles. The Kier molecular flexibility index (Phi) is 5.68. The highest BCUT2D eigenvalue weighted by Crippen LogP contribution is 2.29. The van der Waals surface area contributed by atoms with Crippen LogP contribution in [0.25, 0.3) is 21.7 Å². The lowest BCUT2D eigenvalue weighted by atomic mass is 10.0. The van der Waals surface area contributed by atoms with E-state index in [1.807, 2.05) is 73.7 Å². The summed E-state index contributed by atoms with van der Waals surface area (Å²) in [6, 6.07) is 22.0. The van der Waals surface area contributed by atoms with Crippen LogP contribution in [0.3, 0.4) is 0 Å². The molecule has 0 spiro atoms. The fourth-order valence-corrected chi connectivity index (χ4v) is 4.12. The normalized spacial score (nSPS) is 11.8. The van der Waals surface area contributed by atoms with Crippen LogP contribution >= 0.6 is 11.3 Å². The van der Waals surface area contributed by atoms with Crippen molar-refractivity contribution in [2.45, 2.75) is 19.9 Å². The smallest absolute Gasteiger partial charge is 0.290 e.